The van der Waals surface area contributed by atoms with Gasteiger partial charge in [-0.25, -0.2) is 0 Å². The molecule has 4 aliphatic carbocycles. The van der Waals surface area contributed by atoms with Gasteiger partial charge in [0.05, 0.1) is 11.1 Å². The lowest BCUT2D eigenvalue weighted by Crippen LogP contribution is -2.34. The van der Waals surface area contributed by atoms with E-state index in [4.69, 9.17) is 0 Å². The highest BCUT2D eigenvalue weighted by atomic mass is 15.1. The van der Waals surface area contributed by atoms with E-state index in [2.05, 4.69) is 260 Å². The first-order chi connectivity index (χ1) is 33.7. The Morgan fingerprint density at radius 2 is 0.729 bits per heavy atom. The fraction of sp³-hybridized carbons (Fsp3) is 0.217. The van der Waals surface area contributed by atoms with E-state index in [1.807, 2.05) is 0 Å². The van der Waals surface area contributed by atoms with Crippen LogP contribution in [0.4, 0.5) is 17.1 Å². The van der Waals surface area contributed by atoms with Crippen molar-refractivity contribution in [3.05, 3.63) is 256 Å². The Hall–Kier alpha value is -7.22. The van der Waals surface area contributed by atoms with Gasteiger partial charge in [-0.2, -0.15) is 0 Å². The predicted octanol–water partition coefficient (Wildman–Crippen LogP) is 18.1. The molecule has 1 nitrogen and oxygen atoms in total. The number of hydrogen-bond acceptors (Lipinski definition) is 1. The van der Waals surface area contributed by atoms with Crippen molar-refractivity contribution in [1.29, 1.82) is 0 Å². The maximum atomic E-state index is 2.65. The molecule has 0 aromatic heterocycles. The summed E-state index contributed by atoms with van der Waals surface area (Å²) in [5.41, 5.74) is 26.7. The smallest absolute Gasteiger partial charge is 0.0714 e. The van der Waals surface area contributed by atoms with Crippen molar-refractivity contribution in [2.75, 3.05) is 4.90 Å². The molecular weight excluding hydrogens is 843 g/mol. The van der Waals surface area contributed by atoms with Gasteiger partial charge < -0.3 is 4.90 Å². The van der Waals surface area contributed by atoms with Crippen LogP contribution in [0.25, 0.3) is 44.5 Å². The lowest BCUT2D eigenvalue weighted by atomic mass is 9.61. The van der Waals surface area contributed by atoms with Gasteiger partial charge >= 0.3 is 0 Å². The van der Waals surface area contributed by atoms with E-state index in [1.165, 1.54) is 117 Å². The second-order valence-corrected chi connectivity index (χ2v) is 23.1. The summed E-state index contributed by atoms with van der Waals surface area (Å²) in [5, 5.41) is 0. The number of anilines is 3. The van der Waals surface area contributed by atoms with Crippen LogP contribution in [-0.4, -0.2) is 0 Å². The second-order valence-electron chi connectivity index (χ2n) is 23.1. The number of rotatable bonds is 6. The van der Waals surface area contributed by atoms with Crippen LogP contribution in [0, 0.1) is 0 Å². The second kappa shape index (κ2) is 14.9. The molecular formula is C69H61N. The molecule has 0 N–H and O–H groups in total. The van der Waals surface area contributed by atoms with Crippen molar-refractivity contribution in [2.45, 2.75) is 95.3 Å². The number of fused-ring (bicyclic) bond motifs is 10. The molecule has 0 unspecified atom stereocenters. The van der Waals surface area contributed by atoms with Gasteiger partial charge in [-0.15, -0.1) is 0 Å². The summed E-state index contributed by atoms with van der Waals surface area (Å²) < 4.78 is 0. The number of benzene rings is 9. The summed E-state index contributed by atoms with van der Waals surface area (Å²) in [4.78, 5) is 2.65. The molecule has 0 atom stereocenters. The van der Waals surface area contributed by atoms with Gasteiger partial charge in [0.1, 0.15) is 0 Å². The molecule has 0 heterocycles. The molecule has 342 valence electrons. The molecule has 0 saturated heterocycles. The van der Waals surface area contributed by atoms with Crippen molar-refractivity contribution < 1.29 is 0 Å². The molecule has 0 saturated carbocycles. The normalized spacial score (nSPS) is 17.3. The van der Waals surface area contributed by atoms with Crippen LogP contribution in [0.2, 0.25) is 0 Å². The topological polar surface area (TPSA) is 3.24 Å². The Kier molecular flexibility index (Phi) is 9.12. The van der Waals surface area contributed by atoms with Gasteiger partial charge in [0.2, 0.25) is 0 Å². The standard InChI is InChI=1S/C69H61N/c1-65(2)38-39-66(3,4)64-53(29-21-33-59(64)65)55-42-54-50-28-17-20-32-58(50)69(44-22-11-9-12-23-44,45-24-13-10-14-25-45)62(54)43-63(55)70(46-34-36-51-48-26-15-18-30-56(48)67(5,6)60(51)40-46)47-35-37-52-49-27-16-19-31-57(49)68(7,8)61(52)41-47/h9-37,40-43H,38-39H2,1-8H3. The number of hydrogen-bond donors (Lipinski definition) is 0. The maximum Gasteiger partial charge on any atom is 0.0714 e. The van der Waals surface area contributed by atoms with E-state index in [9.17, 15) is 0 Å². The fourth-order valence-corrected chi connectivity index (χ4v) is 13.9. The third kappa shape index (κ3) is 5.84. The minimum atomic E-state index is -0.575. The zero-order valence-electron chi connectivity index (χ0n) is 41.9. The van der Waals surface area contributed by atoms with Crippen molar-refractivity contribution >= 4 is 17.1 Å². The molecule has 0 fully saturated rings. The van der Waals surface area contributed by atoms with E-state index < -0.39 is 5.41 Å². The monoisotopic (exact) mass is 903 g/mol. The van der Waals surface area contributed by atoms with Gasteiger partial charge in [0, 0.05) is 27.8 Å². The summed E-state index contributed by atoms with van der Waals surface area (Å²) in [6.07, 6.45) is 2.28. The molecule has 0 radical (unpaired) electrons. The fourth-order valence-electron chi connectivity index (χ4n) is 13.9. The Bertz CT molecular complexity index is 3450. The largest absolute Gasteiger partial charge is 0.310 e. The Morgan fingerprint density at radius 3 is 1.27 bits per heavy atom. The van der Waals surface area contributed by atoms with Crippen molar-refractivity contribution in [3.63, 3.8) is 0 Å². The molecule has 0 aliphatic heterocycles. The molecule has 0 spiro atoms. The molecule has 1 heteroatoms. The summed E-state index contributed by atoms with van der Waals surface area (Å²) in [6.45, 7) is 19.5. The minimum absolute atomic E-state index is 0.0367. The van der Waals surface area contributed by atoms with Crippen molar-refractivity contribution in [3.8, 4) is 44.5 Å². The lowest BCUT2D eigenvalue weighted by Gasteiger charge is -2.43. The first-order valence-corrected chi connectivity index (χ1v) is 25.6. The van der Waals surface area contributed by atoms with Crippen LogP contribution in [-0.2, 0) is 27.1 Å². The minimum Gasteiger partial charge on any atom is -0.310 e. The Morgan fingerprint density at radius 1 is 0.300 bits per heavy atom. The van der Waals surface area contributed by atoms with E-state index in [1.54, 1.807) is 0 Å². The van der Waals surface area contributed by atoms with Gasteiger partial charge in [-0.1, -0.05) is 219 Å². The van der Waals surface area contributed by atoms with Crippen LogP contribution in [0.5, 0.6) is 0 Å². The highest BCUT2D eigenvalue weighted by Crippen LogP contribution is 2.61. The molecule has 9 aromatic carbocycles. The lowest BCUT2D eigenvalue weighted by molar-refractivity contribution is 0.333. The van der Waals surface area contributed by atoms with Crippen LogP contribution in [0.15, 0.2) is 200 Å². The van der Waals surface area contributed by atoms with Crippen LogP contribution in [0.3, 0.4) is 0 Å². The highest BCUT2D eigenvalue weighted by Gasteiger charge is 2.48. The van der Waals surface area contributed by atoms with Crippen molar-refractivity contribution in [1.82, 2.24) is 0 Å². The first-order valence-electron chi connectivity index (χ1n) is 25.6. The average Bonchev–Trinajstić information content (AvgIpc) is 3.89. The third-order valence-electron chi connectivity index (χ3n) is 17.6. The van der Waals surface area contributed by atoms with Crippen LogP contribution < -0.4 is 4.90 Å². The Balaban J connectivity index is 1.18. The van der Waals surface area contributed by atoms with Gasteiger partial charge in [-0.05, 0) is 155 Å². The summed E-state index contributed by atoms with van der Waals surface area (Å²) >= 11 is 0. The van der Waals surface area contributed by atoms with Crippen LogP contribution >= 0.6 is 0 Å². The Labute approximate surface area is 415 Å². The molecule has 0 bridgehead atoms. The van der Waals surface area contributed by atoms with Gasteiger partial charge in [0.15, 0.2) is 0 Å². The van der Waals surface area contributed by atoms with E-state index in [0.717, 1.165) is 12.8 Å². The molecule has 70 heavy (non-hydrogen) atoms. The van der Waals surface area contributed by atoms with E-state index >= 15 is 0 Å². The zero-order chi connectivity index (χ0) is 48.0. The van der Waals surface area contributed by atoms with Crippen molar-refractivity contribution in [2.24, 2.45) is 0 Å². The number of nitrogens with zero attached hydrogens (tertiary/aromatic N) is 1. The third-order valence-corrected chi connectivity index (χ3v) is 17.6. The van der Waals surface area contributed by atoms with E-state index in [0.29, 0.717) is 0 Å². The highest BCUT2D eigenvalue weighted by molar-refractivity contribution is 5.99. The average molecular weight is 904 g/mol. The summed E-state index contributed by atoms with van der Waals surface area (Å²) in [6, 6.07) is 77.1. The predicted molar refractivity (Wildman–Crippen MR) is 294 cm³/mol. The maximum absolute atomic E-state index is 2.65. The van der Waals surface area contributed by atoms with Gasteiger partial charge in [0.25, 0.3) is 0 Å². The van der Waals surface area contributed by atoms with Crippen LogP contribution in [0.1, 0.15) is 124 Å². The summed E-state index contributed by atoms with van der Waals surface area (Å²) in [5.74, 6) is 0. The molecule has 4 aliphatic rings. The SMILES string of the molecule is CC1(C)CCC(C)(C)c2c(-c3cc4c(cc3N(c3ccc5c(c3)C(C)(C)c3ccccc3-5)c3ccc5c(c3)C(C)(C)c3ccccc3-5)C(c3ccccc3)(c3ccccc3)c3ccccc3-4)cccc21. The van der Waals surface area contributed by atoms with E-state index in [-0.39, 0.29) is 21.7 Å². The molecule has 0 amide bonds. The summed E-state index contributed by atoms with van der Waals surface area (Å²) in [7, 11) is 0. The quantitative estimate of drug-likeness (QED) is 0.161. The molecule has 9 aromatic rings. The van der Waals surface area contributed by atoms with Gasteiger partial charge in [-0.3, -0.25) is 0 Å². The first kappa shape index (κ1) is 42.8. The zero-order valence-corrected chi connectivity index (χ0v) is 41.9. The molecule has 13 rings (SSSR count).